The standard InChI is InChI=1S/C7H10N2.CH4O/c1-6-3-2-4-7(5-8)9-6;1-2/h2-4H,5,8H2,1H3;2H,1H3. The number of nitrogens with zero attached hydrogens (tertiary/aromatic N) is 1. The molecule has 0 bridgehead atoms. The van der Waals surface area contributed by atoms with E-state index in [2.05, 4.69) is 4.98 Å². The molecule has 0 saturated carbocycles. The first-order valence-electron chi connectivity index (χ1n) is 3.40. The minimum Gasteiger partial charge on any atom is -0.400 e. The smallest absolute Gasteiger partial charge is 0.0542 e. The number of aryl methyl sites for hydroxylation is 1. The van der Waals surface area contributed by atoms with Crippen LogP contribution in [0.15, 0.2) is 18.2 Å². The Bertz CT molecular complexity index is 201. The van der Waals surface area contributed by atoms with E-state index in [0.717, 1.165) is 18.5 Å². The Hall–Kier alpha value is -0.930. The molecule has 0 aliphatic carbocycles. The van der Waals surface area contributed by atoms with Crippen molar-refractivity contribution in [1.82, 2.24) is 4.98 Å². The summed E-state index contributed by atoms with van der Waals surface area (Å²) in [6, 6.07) is 5.84. The molecule has 0 aliphatic rings. The molecule has 0 spiro atoms. The highest BCUT2D eigenvalue weighted by molar-refractivity contribution is 5.09. The number of hydrogen-bond acceptors (Lipinski definition) is 3. The largest absolute Gasteiger partial charge is 0.400 e. The molecule has 0 fully saturated rings. The third kappa shape index (κ3) is 3.70. The van der Waals surface area contributed by atoms with Gasteiger partial charge in [0.1, 0.15) is 0 Å². The number of aromatic nitrogens is 1. The van der Waals surface area contributed by atoms with Crippen LogP contribution in [0, 0.1) is 6.92 Å². The molecule has 0 atom stereocenters. The predicted molar refractivity (Wildman–Crippen MR) is 45.0 cm³/mol. The number of hydrogen-bond donors (Lipinski definition) is 2. The Kier molecular flexibility index (Phi) is 5.33. The number of nitrogens with two attached hydrogens (primary N) is 1. The Morgan fingerprint density at radius 3 is 2.45 bits per heavy atom. The topological polar surface area (TPSA) is 59.1 Å². The van der Waals surface area contributed by atoms with Crippen LogP contribution in [0.1, 0.15) is 11.4 Å². The number of aliphatic hydroxyl groups excluding tert-OH is 1. The van der Waals surface area contributed by atoms with Crippen LogP contribution < -0.4 is 5.73 Å². The number of aliphatic hydroxyl groups is 1. The highest BCUT2D eigenvalue weighted by Gasteiger charge is 1.87. The average molecular weight is 154 g/mol. The van der Waals surface area contributed by atoms with Gasteiger partial charge in [-0.25, -0.2) is 0 Å². The van der Waals surface area contributed by atoms with Crippen molar-refractivity contribution in [3.05, 3.63) is 29.6 Å². The molecule has 0 unspecified atom stereocenters. The van der Waals surface area contributed by atoms with Crippen molar-refractivity contribution in [1.29, 1.82) is 0 Å². The fraction of sp³-hybridized carbons (Fsp3) is 0.375. The van der Waals surface area contributed by atoms with Crippen molar-refractivity contribution in [2.24, 2.45) is 5.73 Å². The molecule has 11 heavy (non-hydrogen) atoms. The van der Waals surface area contributed by atoms with Crippen molar-refractivity contribution in [2.45, 2.75) is 13.5 Å². The van der Waals surface area contributed by atoms with E-state index in [1.165, 1.54) is 0 Å². The molecule has 1 aromatic rings. The molecular weight excluding hydrogens is 140 g/mol. The number of rotatable bonds is 1. The SMILES string of the molecule is CO.Cc1cccc(CN)n1. The van der Waals surface area contributed by atoms with Gasteiger partial charge in [0.15, 0.2) is 0 Å². The van der Waals surface area contributed by atoms with E-state index in [-0.39, 0.29) is 0 Å². The van der Waals surface area contributed by atoms with Crippen LogP contribution in [0.5, 0.6) is 0 Å². The van der Waals surface area contributed by atoms with E-state index in [1.807, 2.05) is 25.1 Å². The zero-order chi connectivity index (χ0) is 8.69. The van der Waals surface area contributed by atoms with E-state index < -0.39 is 0 Å². The molecule has 3 heteroatoms. The lowest BCUT2D eigenvalue weighted by Crippen LogP contribution is -1.99. The molecular formula is C8H14N2O. The maximum Gasteiger partial charge on any atom is 0.0542 e. The van der Waals surface area contributed by atoms with Gasteiger partial charge in [0.25, 0.3) is 0 Å². The fourth-order valence-corrected chi connectivity index (χ4v) is 0.713. The van der Waals surface area contributed by atoms with Crippen LogP contribution >= 0.6 is 0 Å². The molecule has 0 radical (unpaired) electrons. The summed E-state index contributed by atoms with van der Waals surface area (Å²) in [6.07, 6.45) is 0. The Labute approximate surface area is 66.9 Å². The third-order valence-corrected chi connectivity index (χ3v) is 1.16. The summed E-state index contributed by atoms with van der Waals surface area (Å²) in [5.74, 6) is 0. The van der Waals surface area contributed by atoms with Gasteiger partial charge in [0, 0.05) is 19.3 Å². The summed E-state index contributed by atoms with van der Waals surface area (Å²) < 4.78 is 0. The van der Waals surface area contributed by atoms with Gasteiger partial charge in [-0.1, -0.05) is 6.07 Å². The van der Waals surface area contributed by atoms with Crippen LogP contribution in [0.4, 0.5) is 0 Å². The van der Waals surface area contributed by atoms with Crippen LogP contribution in [-0.4, -0.2) is 17.2 Å². The van der Waals surface area contributed by atoms with Gasteiger partial charge in [-0.05, 0) is 19.1 Å². The lowest BCUT2D eigenvalue weighted by Gasteiger charge is -1.94. The first kappa shape index (κ1) is 10.1. The summed E-state index contributed by atoms with van der Waals surface area (Å²) in [5.41, 5.74) is 7.34. The van der Waals surface area contributed by atoms with Crippen molar-refractivity contribution >= 4 is 0 Å². The number of pyridine rings is 1. The second-order valence-electron chi connectivity index (χ2n) is 1.97. The first-order valence-corrected chi connectivity index (χ1v) is 3.40. The van der Waals surface area contributed by atoms with Gasteiger partial charge in [0.05, 0.1) is 5.69 Å². The van der Waals surface area contributed by atoms with Gasteiger partial charge < -0.3 is 10.8 Å². The molecule has 0 amide bonds. The highest BCUT2D eigenvalue weighted by atomic mass is 16.2. The van der Waals surface area contributed by atoms with Crippen molar-refractivity contribution in [3.63, 3.8) is 0 Å². The summed E-state index contributed by atoms with van der Waals surface area (Å²) in [6.45, 7) is 2.49. The highest BCUT2D eigenvalue weighted by Crippen LogP contribution is 1.95. The summed E-state index contributed by atoms with van der Waals surface area (Å²) in [7, 11) is 1.00. The maximum absolute atomic E-state index is 7.00. The van der Waals surface area contributed by atoms with Gasteiger partial charge >= 0.3 is 0 Å². The monoisotopic (exact) mass is 154 g/mol. The van der Waals surface area contributed by atoms with Crippen molar-refractivity contribution in [3.8, 4) is 0 Å². The molecule has 1 rings (SSSR count). The summed E-state index contributed by atoms with van der Waals surface area (Å²) in [4.78, 5) is 4.17. The average Bonchev–Trinajstić information content (AvgIpc) is 2.08. The van der Waals surface area contributed by atoms with Gasteiger partial charge in [0.2, 0.25) is 0 Å². The fourth-order valence-electron chi connectivity index (χ4n) is 0.713. The molecule has 3 nitrogen and oxygen atoms in total. The molecule has 0 aromatic carbocycles. The summed E-state index contributed by atoms with van der Waals surface area (Å²) in [5, 5.41) is 7.00. The molecule has 1 heterocycles. The third-order valence-electron chi connectivity index (χ3n) is 1.16. The predicted octanol–water partition coefficient (Wildman–Crippen LogP) is 0.457. The van der Waals surface area contributed by atoms with Gasteiger partial charge in [-0.3, -0.25) is 4.98 Å². The van der Waals surface area contributed by atoms with E-state index in [0.29, 0.717) is 6.54 Å². The van der Waals surface area contributed by atoms with E-state index in [1.54, 1.807) is 0 Å². The second kappa shape index (κ2) is 5.82. The quantitative estimate of drug-likeness (QED) is 0.617. The van der Waals surface area contributed by atoms with Crippen LogP contribution in [0.3, 0.4) is 0 Å². The Balaban J connectivity index is 0.000000461. The molecule has 3 N–H and O–H groups in total. The first-order chi connectivity index (χ1) is 5.33. The van der Waals surface area contributed by atoms with E-state index in [9.17, 15) is 0 Å². The molecule has 62 valence electrons. The van der Waals surface area contributed by atoms with Gasteiger partial charge in [-0.2, -0.15) is 0 Å². The summed E-state index contributed by atoms with van der Waals surface area (Å²) >= 11 is 0. The molecule has 0 saturated heterocycles. The zero-order valence-electron chi connectivity index (χ0n) is 6.91. The molecule has 0 aliphatic heterocycles. The normalized spacial score (nSPS) is 8.36. The van der Waals surface area contributed by atoms with Crippen LogP contribution in [0.25, 0.3) is 0 Å². The van der Waals surface area contributed by atoms with E-state index in [4.69, 9.17) is 10.8 Å². The van der Waals surface area contributed by atoms with Crippen LogP contribution in [-0.2, 0) is 6.54 Å². The van der Waals surface area contributed by atoms with E-state index >= 15 is 0 Å². The maximum atomic E-state index is 7.00. The Morgan fingerprint density at radius 2 is 2.09 bits per heavy atom. The minimum atomic E-state index is 0.529. The second-order valence-corrected chi connectivity index (χ2v) is 1.97. The van der Waals surface area contributed by atoms with Crippen molar-refractivity contribution < 1.29 is 5.11 Å². The van der Waals surface area contributed by atoms with Gasteiger partial charge in [-0.15, -0.1) is 0 Å². The van der Waals surface area contributed by atoms with Crippen molar-refractivity contribution in [2.75, 3.05) is 7.11 Å². The lowest BCUT2D eigenvalue weighted by atomic mass is 10.3. The Morgan fingerprint density at radius 1 is 1.45 bits per heavy atom. The molecule has 1 aromatic heterocycles. The zero-order valence-corrected chi connectivity index (χ0v) is 6.91. The van der Waals surface area contributed by atoms with Crippen LogP contribution in [0.2, 0.25) is 0 Å². The lowest BCUT2D eigenvalue weighted by molar-refractivity contribution is 0.399. The minimum absolute atomic E-state index is 0.529.